The van der Waals surface area contributed by atoms with Gasteiger partial charge >= 0.3 is 0 Å². The van der Waals surface area contributed by atoms with Crippen LogP contribution in [0, 0.1) is 0 Å². The minimum absolute atomic E-state index is 0.613. The van der Waals surface area contributed by atoms with Gasteiger partial charge in [0.15, 0.2) is 0 Å². The Morgan fingerprint density at radius 3 is 2.74 bits per heavy atom. The van der Waals surface area contributed by atoms with Crippen LogP contribution in [0.15, 0.2) is 34.9 Å². The van der Waals surface area contributed by atoms with Crippen molar-refractivity contribution in [2.75, 3.05) is 0 Å². The van der Waals surface area contributed by atoms with Crippen LogP contribution in [-0.2, 0) is 6.54 Å². The molecule has 0 bridgehead atoms. The second kappa shape index (κ2) is 5.35. The van der Waals surface area contributed by atoms with Gasteiger partial charge in [0.1, 0.15) is 5.58 Å². The van der Waals surface area contributed by atoms with Crippen LogP contribution in [-0.4, -0.2) is 17.1 Å². The number of nitrogens with zero attached hydrogens (tertiary/aromatic N) is 1. The summed E-state index contributed by atoms with van der Waals surface area (Å²) in [4.78, 5) is 0. The molecule has 1 N–H and O–H groups in total. The molecule has 0 radical (unpaired) electrons. The number of benzene rings is 1. The Bertz CT molecular complexity index is 538. The van der Waals surface area contributed by atoms with Gasteiger partial charge in [0.25, 0.3) is 0 Å². The fourth-order valence-electron chi connectivity index (χ4n) is 3.08. The summed E-state index contributed by atoms with van der Waals surface area (Å²) in [5, 5.41) is 3.62. The van der Waals surface area contributed by atoms with Crippen molar-refractivity contribution in [2.45, 2.75) is 51.7 Å². The second-order valence-electron chi connectivity index (χ2n) is 5.63. The molecule has 0 saturated carbocycles. The molecular formula is C16H22N2O. The monoisotopic (exact) mass is 258 g/mol. The number of hydrogen-bond donors (Lipinski definition) is 1. The third-order valence-electron chi connectivity index (χ3n) is 4.21. The van der Waals surface area contributed by atoms with Crippen LogP contribution in [0.3, 0.4) is 0 Å². The third kappa shape index (κ3) is 2.53. The standard InChI is InChI=1S/C16H22N2O/c1-12-6-5-7-13(2)18(12)17-10-14-11-19-16-9-4-3-8-15(14)16/h3-4,8-9,11-13,17H,5-7,10H2,1-2H3. The highest BCUT2D eigenvalue weighted by molar-refractivity contribution is 5.80. The van der Waals surface area contributed by atoms with E-state index in [4.69, 9.17) is 4.42 Å². The van der Waals surface area contributed by atoms with E-state index >= 15 is 0 Å². The van der Waals surface area contributed by atoms with Gasteiger partial charge in [0.2, 0.25) is 0 Å². The minimum atomic E-state index is 0.613. The van der Waals surface area contributed by atoms with E-state index in [0.29, 0.717) is 12.1 Å². The number of nitrogens with one attached hydrogen (secondary N) is 1. The van der Waals surface area contributed by atoms with Gasteiger partial charge in [-0.3, -0.25) is 5.43 Å². The van der Waals surface area contributed by atoms with E-state index in [1.54, 1.807) is 0 Å². The minimum Gasteiger partial charge on any atom is -0.464 e. The van der Waals surface area contributed by atoms with Crippen LogP contribution in [0.25, 0.3) is 11.0 Å². The van der Waals surface area contributed by atoms with Gasteiger partial charge in [-0.15, -0.1) is 0 Å². The summed E-state index contributed by atoms with van der Waals surface area (Å²) in [6.45, 7) is 5.44. The molecule has 2 aromatic rings. The summed E-state index contributed by atoms with van der Waals surface area (Å²) in [6.07, 6.45) is 5.78. The number of fused-ring (bicyclic) bond motifs is 1. The predicted molar refractivity (Wildman–Crippen MR) is 77.7 cm³/mol. The lowest BCUT2D eigenvalue weighted by molar-refractivity contribution is 0.0436. The predicted octanol–water partition coefficient (Wildman–Crippen LogP) is 3.70. The van der Waals surface area contributed by atoms with Crippen molar-refractivity contribution in [2.24, 2.45) is 0 Å². The van der Waals surface area contributed by atoms with E-state index < -0.39 is 0 Å². The maximum Gasteiger partial charge on any atom is 0.134 e. The average Bonchev–Trinajstić information content (AvgIpc) is 2.82. The molecule has 102 valence electrons. The zero-order valence-corrected chi connectivity index (χ0v) is 11.7. The average molecular weight is 258 g/mol. The zero-order valence-electron chi connectivity index (χ0n) is 11.7. The van der Waals surface area contributed by atoms with Gasteiger partial charge < -0.3 is 4.42 Å². The van der Waals surface area contributed by atoms with Crippen molar-refractivity contribution in [3.8, 4) is 0 Å². The third-order valence-corrected chi connectivity index (χ3v) is 4.21. The Morgan fingerprint density at radius 2 is 1.95 bits per heavy atom. The summed E-state index contributed by atoms with van der Waals surface area (Å²) in [6, 6.07) is 9.44. The van der Waals surface area contributed by atoms with Gasteiger partial charge in [0.05, 0.1) is 6.26 Å². The number of hydrogen-bond acceptors (Lipinski definition) is 3. The highest BCUT2D eigenvalue weighted by Crippen LogP contribution is 2.23. The molecule has 3 heteroatoms. The molecule has 0 aliphatic carbocycles. The number of para-hydroxylation sites is 1. The van der Waals surface area contributed by atoms with Crippen molar-refractivity contribution in [1.82, 2.24) is 10.4 Å². The molecule has 19 heavy (non-hydrogen) atoms. The molecule has 1 aromatic carbocycles. The lowest BCUT2D eigenvalue weighted by Gasteiger charge is -2.39. The summed E-state index contributed by atoms with van der Waals surface area (Å²) < 4.78 is 5.58. The first-order valence-electron chi connectivity index (χ1n) is 7.22. The summed E-state index contributed by atoms with van der Waals surface area (Å²) in [5.41, 5.74) is 5.80. The Morgan fingerprint density at radius 1 is 1.21 bits per heavy atom. The SMILES string of the molecule is CC1CCCC(C)N1NCc1coc2ccccc12. The van der Waals surface area contributed by atoms with Gasteiger partial charge in [-0.2, -0.15) is 0 Å². The largest absolute Gasteiger partial charge is 0.464 e. The van der Waals surface area contributed by atoms with E-state index in [-0.39, 0.29) is 0 Å². The van der Waals surface area contributed by atoms with E-state index in [1.165, 1.54) is 30.2 Å². The molecule has 0 spiro atoms. The maximum absolute atomic E-state index is 5.58. The molecular weight excluding hydrogens is 236 g/mol. The Kier molecular flexibility index (Phi) is 3.58. The lowest BCUT2D eigenvalue weighted by atomic mass is 10.00. The number of rotatable bonds is 3. The van der Waals surface area contributed by atoms with Crippen LogP contribution >= 0.6 is 0 Å². The van der Waals surface area contributed by atoms with Crippen molar-refractivity contribution in [3.63, 3.8) is 0 Å². The first kappa shape index (κ1) is 12.7. The van der Waals surface area contributed by atoms with E-state index in [9.17, 15) is 0 Å². The van der Waals surface area contributed by atoms with Crippen molar-refractivity contribution < 1.29 is 4.42 Å². The summed E-state index contributed by atoms with van der Waals surface area (Å²) in [5.74, 6) is 0. The van der Waals surface area contributed by atoms with Gasteiger partial charge in [-0.25, -0.2) is 5.01 Å². The second-order valence-corrected chi connectivity index (χ2v) is 5.63. The van der Waals surface area contributed by atoms with Crippen LogP contribution in [0.1, 0.15) is 38.7 Å². The van der Waals surface area contributed by atoms with E-state index in [2.05, 4.69) is 36.4 Å². The van der Waals surface area contributed by atoms with Crippen LogP contribution in [0.4, 0.5) is 0 Å². The zero-order chi connectivity index (χ0) is 13.2. The highest BCUT2D eigenvalue weighted by Gasteiger charge is 2.24. The van der Waals surface area contributed by atoms with Crippen LogP contribution in [0.5, 0.6) is 0 Å². The van der Waals surface area contributed by atoms with Gasteiger partial charge in [-0.1, -0.05) is 24.6 Å². The maximum atomic E-state index is 5.58. The first-order chi connectivity index (χ1) is 9.25. The summed E-state index contributed by atoms with van der Waals surface area (Å²) in [7, 11) is 0. The number of piperidine rings is 1. The molecule has 1 aromatic heterocycles. The van der Waals surface area contributed by atoms with Gasteiger partial charge in [0, 0.05) is 29.6 Å². The van der Waals surface area contributed by atoms with E-state index in [0.717, 1.165) is 12.1 Å². The quantitative estimate of drug-likeness (QED) is 0.910. The molecule has 1 saturated heterocycles. The normalized spacial score (nSPS) is 24.9. The number of hydrazine groups is 1. The molecule has 1 aliphatic heterocycles. The Labute approximate surface area is 114 Å². The lowest BCUT2D eigenvalue weighted by Crippen LogP contribution is -2.51. The Balaban J connectivity index is 1.71. The first-order valence-corrected chi connectivity index (χ1v) is 7.22. The fraction of sp³-hybridized carbons (Fsp3) is 0.500. The topological polar surface area (TPSA) is 28.4 Å². The molecule has 2 atom stereocenters. The fourth-order valence-corrected chi connectivity index (χ4v) is 3.08. The summed E-state index contributed by atoms with van der Waals surface area (Å²) >= 11 is 0. The smallest absolute Gasteiger partial charge is 0.134 e. The highest BCUT2D eigenvalue weighted by atomic mass is 16.3. The van der Waals surface area contributed by atoms with Crippen LogP contribution < -0.4 is 5.43 Å². The Hall–Kier alpha value is -1.32. The molecule has 2 heterocycles. The molecule has 3 rings (SSSR count). The molecule has 3 nitrogen and oxygen atoms in total. The molecule has 1 aliphatic rings. The molecule has 2 unspecified atom stereocenters. The molecule has 0 amide bonds. The van der Waals surface area contributed by atoms with Crippen molar-refractivity contribution >= 4 is 11.0 Å². The number of furan rings is 1. The van der Waals surface area contributed by atoms with Crippen molar-refractivity contribution in [1.29, 1.82) is 0 Å². The van der Waals surface area contributed by atoms with Gasteiger partial charge in [-0.05, 0) is 32.8 Å². The van der Waals surface area contributed by atoms with E-state index in [1.807, 2.05) is 18.4 Å². The molecule has 1 fully saturated rings. The van der Waals surface area contributed by atoms with Crippen LogP contribution in [0.2, 0.25) is 0 Å². The van der Waals surface area contributed by atoms with Crippen molar-refractivity contribution in [3.05, 3.63) is 36.1 Å².